The molecule has 0 radical (unpaired) electrons. The van der Waals surface area contributed by atoms with Crippen molar-refractivity contribution in [1.29, 1.82) is 0 Å². The Morgan fingerprint density at radius 1 is 1.61 bits per heavy atom. The van der Waals surface area contributed by atoms with Gasteiger partial charge in [0.2, 0.25) is 0 Å². The van der Waals surface area contributed by atoms with Gasteiger partial charge in [0.1, 0.15) is 12.2 Å². The average molecular weight is 315 g/mol. The maximum Gasteiger partial charge on any atom is 0.329 e. The van der Waals surface area contributed by atoms with Crippen molar-refractivity contribution >= 4 is 21.9 Å². The first-order valence-corrected chi connectivity index (χ1v) is 6.60. The molecule has 18 heavy (non-hydrogen) atoms. The molecule has 0 aromatic carbocycles. The maximum absolute atomic E-state index is 10.7. The van der Waals surface area contributed by atoms with Crippen LogP contribution in [0.4, 0.5) is 0 Å². The fraction of sp³-hybridized carbons (Fsp3) is 0.500. The molecule has 1 aliphatic heterocycles. The Kier molecular flexibility index (Phi) is 4.31. The molecule has 1 aromatic rings. The molecule has 98 valence electrons. The highest BCUT2D eigenvalue weighted by Gasteiger charge is 2.36. The Balaban J connectivity index is 2.22. The minimum atomic E-state index is -0.961. The van der Waals surface area contributed by atoms with Gasteiger partial charge < -0.3 is 15.2 Å². The molecule has 0 aliphatic carbocycles. The predicted octanol–water partition coefficient (Wildman–Crippen LogP) is 1.52. The molecule has 1 aromatic heterocycles. The smallest absolute Gasteiger partial charge is 0.329 e. The van der Waals surface area contributed by atoms with Crippen molar-refractivity contribution in [2.45, 2.75) is 18.4 Å². The lowest BCUT2D eigenvalue weighted by molar-refractivity contribution is -0.152. The van der Waals surface area contributed by atoms with Crippen molar-refractivity contribution in [3.8, 4) is 0 Å². The largest absolute Gasteiger partial charge is 0.480 e. The van der Waals surface area contributed by atoms with Crippen molar-refractivity contribution in [2.75, 3.05) is 19.7 Å². The van der Waals surface area contributed by atoms with E-state index in [2.05, 4.69) is 26.2 Å². The Bertz CT molecular complexity index is 416. The highest BCUT2D eigenvalue weighted by atomic mass is 79.9. The number of nitrogens with zero attached hydrogens (tertiary/aromatic N) is 1. The highest BCUT2D eigenvalue weighted by molar-refractivity contribution is 9.10. The number of ether oxygens (including phenoxy) is 1. The number of carbonyl (C=O) groups is 1. The van der Waals surface area contributed by atoms with Crippen LogP contribution in [0.5, 0.6) is 0 Å². The number of aromatic nitrogens is 1. The third-order valence-corrected chi connectivity index (χ3v) is 3.48. The molecular formula is C12H15BrN2O3. The van der Waals surface area contributed by atoms with E-state index in [-0.39, 0.29) is 6.61 Å². The molecule has 1 saturated heterocycles. The van der Waals surface area contributed by atoms with Gasteiger partial charge in [0.25, 0.3) is 0 Å². The van der Waals surface area contributed by atoms with Gasteiger partial charge in [-0.15, -0.1) is 0 Å². The second-order valence-corrected chi connectivity index (χ2v) is 5.23. The zero-order valence-corrected chi connectivity index (χ0v) is 11.4. The summed E-state index contributed by atoms with van der Waals surface area (Å²) in [5.74, 6) is -0.961. The molecule has 0 bridgehead atoms. The number of pyridine rings is 1. The monoisotopic (exact) mass is 314 g/mol. The molecule has 2 rings (SSSR count). The first kappa shape index (κ1) is 13.5. The van der Waals surface area contributed by atoms with E-state index in [1.807, 2.05) is 12.1 Å². The molecule has 1 atom stereocenters. The number of nitrogens with one attached hydrogen (secondary N) is 1. The fourth-order valence-electron chi connectivity index (χ4n) is 2.14. The van der Waals surface area contributed by atoms with Gasteiger partial charge in [0.15, 0.2) is 0 Å². The van der Waals surface area contributed by atoms with Crippen molar-refractivity contribution in [2.24, 2.45) is 0 Å². The Hall–Kier alpha value is -0.980. The van der Waals surface area contributed by atoms with Crippen LogP contribution in [0.2, 0.25) is 0 Å². The lowest BCUT2D eigenvalue weighted by Crippen LogP contribution is -2.46. The standard InChI is InChI=1S/C12H15BrN2O3/c13-9-2-3-10(15-6-9)12(18-7-11(16)17)4-1-5-14-8-12/h2-3,6,14H,1,4-5,7-8H2,(H,16,17). The third-order valence-electron chi connectivity index (χ3n) is 3.01. The lowest BCUT2D eigenvalue weighted by atomic mass is 9.90. The zero-order chi connectivity index (χ0) is 13.0. The Morgan fingerprint density at radius 3 is 3.00 bits per heavy atom. The predicted molar refractivity (Wildman–Crippen MR) is 69.3 cm³/mol. The minimum absolute atomic E-state index is 0.306. The van der Waals surface area contributed by atoms with E-state index in [1.54, 1.807) is 6.20 Å². The normalized spacial score (nSPS) is 23.8. The van der Waals surface area contributed by atoms with Crippen LogP contribution in [0.3, 0.4) is 0 Å². The summed E-state index contributed by atoms with van der Waals surface area (Å²) < 4.78 is 6.51. The van der Waals surface area contributed by atoms with Crippen molar-refractivity contribution in [3.05, 3.63) is 28.5 Å². The van der Waals surface area contributed by atoms with Gasteiger partial charge in [-0.1, -0.05) is 0 Å². The summed E-state index contributed by atoms with van der Waals surface area (Å²) in [4.78, 5) is 15.0. The summed E-state index contributed by atoms with van der Waals surface area (Å²) in [6, 6.07) is 3.77. The van der Waals surface area contributed by atoms with Gasteiger partial charge in [-0.2, -0.15) is 0 Å². The first-order chi connectivity index (χ1) is 8.62. The van der Waals surface area contributed by atoms with Gasteiger partial charge in [0, 0.05) is 17.2 Å². The van der Waals surface area contributed by atoms with Crippen LogP contribution >= 0.6 is 15.9 Å². The second-order valence-electron chi connectivity index (χ2n) is 4.32. The summed E-state index contributed by atoms with van der Waals surface area (Å²) in [6.07, 6.45) is 3.43. The summed E-state index contributed by atoms with van der Waals surface area (Å²) in [7, 11) is 0. The van der Waals surface area contributed by atoms with E-state index in [4.69, 9.17) is 9.84 Å². The number of hydrogen-bond donors (Lipinski definition) is 2. The van der Waals surface area contributed by atoms with E-state index >= 15 is 0 Å². The average Bonchev–Trinajstić information content (AvgIpc) is 2.38. The van der Waals surface area contributed by atoms with Crippen molar-refractivity contribution < 1.29 is 14.6 Å². The van der Waals surface area contributed by atoms with Crippen LogP contribution < -0.4 is 5.32 Å². The molecule has 6 heteroatoms. The van der Waals surface area contributed by atoms with Crippen molar-refractivity contribution in [3.63, 3.8) is 0 Å². The van der Waals surface area contributed by atoms with Crippen LogP contribution in [0, 0.1) is 0 Å². The number of aliphatic carboxylic acids is 1. The molecule has 1 fully saturated rings. The molecule has 5 nitrogen and oxygen atoms in total. The number of piperidine rings is 1. The summed E-state index contributed by atoms with van der Waals surface area (Å²) in [6.45, 7) is 1.21. The number of carboxylic acid groups (broad SMARTS) is 1. The van der Waals surface area contributed by atoms with E-state index in [0.717, 1.165) is 29.6 Å². The molecule has 2 N–H and O–H groups in total. The number of halogens is 1. The van der Waals surface area contributed by atoms with Gasteiger partial charge >= 0.3 is 5.97 Å². The Morgan fingerprint density at radius 2 is 2.44 bits per heavy atom. The Labute approximate surface area is 114 Å². The maximum atomic E-state index is 10.7. The van der Waals surface area contributed by atoms with Crippen molar-refractivity contribution in [1.82, 2.24) is 10.3 Å². The molecular weight excluding hydrogens is 300 g/mol. The first-order valence-electron chi connectivity index (χ1n) is 5.81. The highest BCUT2D eigenvalue weighted by Crippen LogP contribution is 2.31. The zero-order valence-electron chi connectivity index (χ0n) is 9.86. The van der Waals surface area contributed by atoms with Crippen LogP contribution in [-0.2, 0) is 15.1 Å². The quantitative estimate of drug-likeness (QED) is 0.881. The molecule has 1 aliphatic rings. The second kappa shape index (κ2) is 5.77. The lowest BCUT2D eigenvalue weighted by Gasteiger charge is -2.36. The van der Waals surface area contributed by atoms with Crippen LogP contribution in [0.25, 0.3) is 0 Å². The SMILES string of the molecule is O=C(O)COC1(c2ccc(Br)cn2)CCCNC1. The van der Waals surface area contributed by atoms with E-state index in [1.165, 1.54) is 0 Å². The molecule has 0 spiro atoms. The molecule has 1 unspecified atom stereocenters. The van der Waals surface area contributed by atoms with Gasteiger partial charge in [-0.3, -0.25) is 4.98 Å². The van der Waals surface area contributed by atoms with Gasteiger partial charge in [0.05, 0.1) is 5.69 Å². The van der Waals surface area contributed by atoms with Crippen LogP contribution in [0.1, 0.15) is 18.5 Å². The number of hydrogen-bond acceptors (Lipinski definition) is 4. The van der Waals surface area contributed by atoms with Crippen LogP contribution in [0.15, 0.2) is 22.8 Å². The summed E-state index contributed by atoms with van der Waals surface area (Å²) in [5, 5.41) is 12.0. The summed E-state index contributed by atoms with van der Waals surface area (Å²) >= 11 is 3.34. The van der Waals surface area contributed by atoms with Gasteiger partial charge in [-0.05, 0) is 47.4 Å². The number of rotatable bonds is 4. The van der Waals surface area contributed by atoms with E-state index in [0.29, 0.717) is 6.54 Å². The van der Waals surface area contributed by atoms with Crippen LogP contribution in [-0.4, -0.2) is 35.8 Å². The molecule has 2 heterocycles. The minimum Gasteiger partial charge on any atom is -0.480 e. The summed E-state index contributed by atoms with van der Waals surface area (Å²) in [5.41, 5.74) is 0.149. The fourth-order valence-corrected chi connectivity index (χ4v) is 2.37. The molecule has 0 saturated carbocycles. The van der Waals surface area contributed by atoms with E-state index < -0.39 is 11.6 Å². The van der Waals surface area contributed by atoms with E-state index in [9.17, 15) is 4.79 Å². The van der Waals surface area contributed by atoms with Gasteiger partial charge in [-0.25, -0.2) is 4.79 Å². The third kappa shape index (κ3) is 3.07. The number of carboxylic acids is 1. The topological polar surface area (TPSA) is 71.5 Å². The molecule has 0 amide bonds.